The van der Waals surface area contributed by atoms with Gasteiger partial charge in [0, 0.05) is 11.8 Å². The Kier molecular flexibility index (Phi) is 5.75. The number of carbonyl (C=O) groups is 1. The van der Waals surface area contributed by atoms with Gasteiger partial charge in [0.25, 0.3) is 15.9 Å². The average Bonchev–Trinajstić information content (AvgIpc) is 2.73. The van der Waals surface area contributed by atoms with Crippen molar-refractivity contribution in [1.29, 1.82) is 0 Å². The molecule has 0 spiro atoms. The van der Waals surface area contributed by atoms with Crippen LogP contribution in [0.15, 0.2) is 65.6 Å². The maximum Gasteiger partial charge on any atom is 0.261 e. The van der Waals surface area contributed by atoms with Crippen molar-refractivity contribution in [2.45, 2.75) is 11.8 Å². The molecule has 0 saturated heterocycles. The van der Waals surface area contributed by atoms with E-state index in [1.807, 2.05) is 6.92 Å². The lowest BCUT2D eigenvalue weighted by atomic mass is 10.2. The highest BCUT2D eigenvalue weighted by atomic mass is 35.5. The summed E-state index contributed by atoms with van der Waals surface area (Å²) in [6.07, 6.45) is 0. The number of aryl methyl sites for hydroxylation is 1. The van der Waals surface area contributed by atoms with Gasteiger partial charge in [-0.05, 0) is 49.4 Å². The molecule has 0 aromatic heterocycles. The van der Waals surface area contributed by atoms with E-state index >= 15 is 0 Å². The number of hydrogen-bond acceptors (Lipinski definition) is 5. The number of carbonyl (C=O) groups excluding carboxylic acids is 1. The highest BCUT2D eigenvalue weighted by Crippen LogP contribution is 2.33. The molecule has 160 valence electrons. The third-order valence-corrected chi connectivity index (χ3v) is 6.31. The Morgan fingerprint density at radius 3 is 2.29 bits per heavy atom. The lowest BCUT2D eigenvalue weighted by Crippen LogP contribution is -2.17. The van der Waals surface area contributed by atoms with Gasteiger partial charge in [0.1, 0.15) is 13.2 Å². The first-order chi connectivity index (χ1) is 14.8. The second kappa shape index (κ2) is 8.49. The van der Waals surface area contributed by atoms with E-state index in [1.165, 1.54) is 30.3 Å². The molecule has 31 heavy (non-hydrogen) atoms. The number of fused-ring (bicyclic) bond motifs is 1. The van der Waals surface area contributed by atoms with E-state index < -0.39 is 15.9 Å². The summed E-state index contributed by atoms with van der Waals surface area (Å²) in [4.78, 5) is 12.8. The van der Waals surface area contributed by atoms with Crippen LogP contribution in [-0.2, 0) is 10.0 Å². The molecule has 3 aromatic rings. The fraction of sp³-hybridized carbons (Fsp3) is 0.136. The summed E-state index contributed by atoms with van der Waals surface area (Å²) >= 11 is 6.26. The van der Waals surface area contributed by atoms with Crippen LogP contribution in [0.1, 0.15) is 15.9 Å². The zero-order valence-corrected chi connectivity index (χ0v) is 18.1. The Morgan fingerprint density at radius 2 is 1.58 bits per heavy atom. The van der Waals surface area contributed by atoms with Crippen LogP contribution < -0.4 is 19.5 Å². The smallest absolute Gasteiger partial charge is 0.261 e. The maximum atomic E-state index is 12.6. The van der Waals surface area contributed by atoms with E-state index in [0.717, 1.165) is 5.56 Å². The highest BCUT2D eigenvalue weighted by molar-refractivity contribution is 7.92. The van der Waals surface area contributed by atoms with Gasteiger partial charge in [-0.2, -0.15) is 0 Å². The molecular formula is C22H19ClN2O5S. The molecule has 0 atom stereocenters. The minimum Gasteiger partial charge on any atom is -0.486 e. The van der Waals surface area contributed by atoms with Crippen LogP contribution in [0.5, 0.6) is 11.5 Å². The van der Waals surface area contributed by atoms with Crippen LogP contribution in [0.25, 0.3) is 0 Å². The Labute approximate surface area is 185 Å². The number of anilines is 2. The van der Waals surface area contributed by atoms with E-state index in [0.29, 0.717) is 30.4 Å². The predicted molar refractivity (Wildman–Crippen MR) is 119 cm³/mol. The molecule has 0 saturated carbocycles. The minimum atomic E-state index is -3.77. The molecule has 4 rings (SSSR count). The molecule has 0 fully saturated rings. The monoisotopic (exact) mass is 458 g/mol. The summed E-state index contributed by atoms with van der Waals surface area (Å²) in [6, 6.07) is 15.9. The first kappa shape index (κ1) is 21.0. The van der Waals surface area contributed by atoms with Crippen molar-refractivity contribution >= 4 is 38.9 Å². The van der Waals surface area contributed by atoms with Gasteiger partial charge in [0.15, 0.2) is 11.5 Å². The van der Waals surface area contributed by atoms with Crippen LogP contribution in [0, 0.1) is 6.92 Å². The molecule has 2 N–H and O–H groups in total. The minimum absolute atomic E-state index is 0.110. The van der Waals surface area contributed by atoms with Gasteiger partial charge in [-0.25, -0.2) is 8.42 Å². The third kappa shape index (κ3) is 4.76. The van der Waals surface area contributed by atoms with Crippen molar-refractivity contribution < 1.29 is 22.7 Å². The molecule has 7 nitrogen and oxygen atoms in total. The van der Waals surface area contributed by atoms with Gasteiger partial charge in [-0.1, -0.05) is 29.3 Å². The van der Waals surface area contributed by atoms with E-state index in [-0.39, 0.29) is 21.2 Å². The summed E-state index contributed by atoms with van der Waals surface area (Å²) in [5.41, 5.74) is 1.93. The van der Waals surface area contributed by atoms with Crippen LogP contribution in [0.3, 0.4) is 0 Å². The number of rotatable bonds is 5. The number of benzene rings is 3. The van der Waals surface area contributed by atoms with Crippen molar-refractivity contribution in [2.75, 3.05) is 23.3 Å². The normalized spacial score (nSPS) is 12.8. The van der Waals surface area contributed by atoms with E-state index in [9.17, 15) is 13.2 Å². The van der Waals surface area contributed by atoms with Gasteiger partial charge in [-0.15, -0.1) is 0 Å². The largest absolute Gasteiger partial charge is 0.486 e. The molecule has 0 bridgehead atoms. The van der Waals surface area contributed by atoms with Crippen LogP contribution in [-0.4, -0.2) is 27.5 Å². The van der Waals surface area contributed by atoms with Crippen molar-refractivity contribution in [3.05, 3.63) is 76.8 Å². The summed E-state index contributed by atoms with van der Waals surface area (Å²) in [7, 11) is -3.77. The molecule has 0 unspecified atom stereocenters. The molecule has 1 aliphatic heterocycles. The van der Waals surface area contributed by atoms with E-state index in [4.69, 9.17) is 21.1 Å². The maximum absolute atomic E-state index is 12.6. The second-order valence-electron chi connectivity index (χ2n) is 6.93. The summed E-state index contributed by atoms with van der Waals surface area (Å²) < 4.78 is 38.5. The quantitative estimate of drug-likeness (QED) is 0.588. The van der Waals surface area contributed by atoms with Crippen molar-refractivity contribution in [1.82, 2.24) is 0 Å². The summed E-state index contributed by atoms with van der Waals surface area (Å²) in [5.74, 6) is 0.734. The topological polar surface area (TPSA) is 93.7 Å². The standard InChI is InChI=1S/C22H19ClN2O5S/c1-14-2-6-17(7-3-14)31(27,28)25-16-4-8-18(19(23)12-16)22(26)24-15-5-9-20-21(13-15)30-11-10-29-20/h2-9,12-13,25H,10-11H2,1H3,(H,24,26). The molecule has 3 aromatic carbocycles. The van der Waals surface area contributed by atoms with Crippen molar-refractivity contribution in [3.8, 4) is 11.5 Å². The number of halogens is 1. The molecule has 0 radical (unpaired) electrons. The van der Waals surface area contributed by atoms with Crippen molar-refractivity contribution in [3.63, 3.8) is 0 Å². The van der Waals surface area contributed by atoms with Crippen LogP contribution in [0.4, 0.5) is 11.4 Å². The van der Waals surface area contributed by atoms with Gasteiger partial charge in [-0.3, -0.25) is 9.52 Å². The zero-order chi connectivity index (χ0) is 22.0. The second-order valence-corrected chi connectivity index (χ2v) is 9.02. The lowest BCUT2D eigenvalue weighted by molar-refractivity contribution is 0.102. The van der Waals surface area contributed by atoms with Crippen LogP contribution in [0.2, 0.25) is 5.02 Å². The first-order valence-corrected chi connectivity index (χ1v) is 11.3. The third-order valence-electron chi connectivity index (χ3n) is 4.60. The van der Waals surface area contributed by atoms with Gasteiger partial charge in [0.05, 0.1) is 21.2 Å². The number of nitrogens with one attached hydrogen (secondary N) is 2. The summed E-state index contributed by atoms with van der Waals surface area (Å²) in [5, 5.41) is 2.86. The number of amides is 1. The number of hydrogen-bond donors (Lipinski definition) is 2. The molecule has 0 aliphatic carbocycles. The average molecular weight is 459 g/mol. The van der Waals surface area contributed by atoms with Gasteiger partial charge < -0.3 is 14.8 Å². The Hall–Kier alpha value is -3.23. The van der Waals surface area contributed by atoms with Crippen molar-refractivity contribution in [2.24, 2.45) is 0 Å². The fourth-order valence-corrected chi connectivity index (χ4v) is 4.33. The zero-order valence-electron chi connectivity index (χ0n) is 16.5. The Morgan fingerprint density at radius 1 is 0.903 bits per heavy atom. The lowest BCUT2D eigenvalue weighted by Gasteiger charge is -2.19. The Balaban J connectivity index is 1.49. The van der Waals surface area contributed by atoms with E-state index in [1.54, 1.807) is 30.3 Å². The summed E-state index contributed by atoms with van der Waals surface area (Å²) in [6.45, 7) is 2.79. The molecule has 1 heterocycles. The Bertz CT molecular complexity index is 1240. The molecule has 1 amide bonds. The SMILES string of the molecule is Cc1ccc(S(=O)(=O)Nc2ccc(C(=O)Nc3ccc4c(c3)OCCO4)c(Cl)c2)cc1. The number of ether oxygens (including phenoxy) is 2. The van der Waals surface area contributed by atoms with Gasteiger partial charge in [0.2, 0.25) is 0 Å². The first-order valence-electron chi connectivity index (χ1n) is 9.42. The van der Waals surface area contributed by atoms with Crippen LogP contribution >= 0.6 is 11.6 Å². The van der Waals surface area contributed by atoms with Gasteiger partial charge >= 0.3 is 0 Å². The number of sulfonamides is 1. The predicted octanol–water partition coefficient (Wildman–Crippen LogP) is 4.47. The molecular weight excluding hydrogens is 440 g/mol. The van der Waals surface area contributed by atoms with E-state index in [2.05, 4.69) is 10.0 Å². The molecule has 1 aliphatic rings. The highest BCUT2D eigenvalue weighted by Gasteiger charge is 2.18. The fourth-order valence-electron chi connectivity index (χ4n) is 3.01. The molecule has 9 heteroatoms.